The lowest BCUT2D eigenvalue weighted by molar-refractivity contribution is 0.152. The maximum absolute atomic E-state index is 5.95. The SMILES string of the molecule is C[C@@H]1CCCCN1Cc1cncc(-c2ccc(Cl)cc2)c1. The average molecular weight is 301 g/mol. The zero-order valence-electron chi connectivity index (χ0n) is 12.4. The fraction of sp³-hybridized carbons (Fsp3) is 0.389. The van der Waals surface area contributed by atoms with E-state index in [2.05, 4.69) is 22.9 Å². The van der Waals surface area contributed by atoms with Gasteiger partial charge in [0.25, 0.3) is 0 Å². The smallest absolute Gasteiger partial charge is 0.0406 e. The molecule has 0 N–H and O–H groups in total. The van der Waals surface area contributed by atoms with Crippen LogP contribution < -0.4 is 0 Å². The van der Waals surface area contributed by atoms with E-state index in [4.69, 9.17) is 11.6 Å². The summed E-state index contributed by atoms with van der Waals surface area (Å²) in [6.45, 7) is 4.53. The summed E-state index contributed by atoms with van der Waals surface area (Å²) in [5, 5.41) is 0.769. The van der Waals surface area contributed by atoms with Crippen LogP contribution >= 0.6 is 11.6 Å². The Balaban J connectivity index is 1.78. The predicted molar refractivity (Wildman–Crippen MR) is 88.4 cm³/mol. The lowest BCUT2D eigenvalue weighted by Crippen LogP contribution is -2.36. The Morgan fingerprint density at radius 2 is 1.95 bits per heavy atom. The van der Waals surface area contributed by atoms with Crippen LogP contribution in [0, 0.1) is 0 Å². The molecule has 2 heterocycles. The molecule has 3 heteroatoms. The topological polar surface area (TPSA) is 16.1 Å². The third-order valence-electron chi connectivity index (χ3n) is 4.30. The molecule has 1 fully saturated rings. The zero-order chi connectivity index (χ0) is 14.7. The van der Waals surface area contributed by atoms with E-state index in [1.54, 1.807) is 0 Å². The van der Waals surface area contributed by atoms with Crippen LogP contribution in [0.2, 0.25) is 5.02 Å². The second-order valence-electron chi connectivity index (χ2n) is 5.90. The monoisotopic (exact) mass is 300 g/mol. The van der Waals surface area contributed by atoms with Gasteiger partial charge in [0.1, 0.15) is 0 Å². The molecule has 1 atom stereocenters. The van der Waals surface area contributed by atoms with E-state index in [-0.39, 0.29) is 0 Å². The molecule has 0 spiro atoms. The van der Waals surface area contributed by atoms with E-state index in [0.29, 0.717) is 6.04 Å². The number of benzene rings is 1. The first-order valence-corrected chi connectivity index (χ1v) is 8.04. The molecule has 2 nitrogen and oxygen atoms in total. The Morgan fingerprint density at radius 1 is 1.14 bits per heavy atom. The van der Waals surface area contributed by atoms with Crippen molar-refractivity contribution in [3.8, 4) is 11.1 Å². The van der Waals surface area contributed by atoms with Gasteiger partial charge in [-0.3, -0.25) is 9.88 Å². The van der Waals surface area contributed by atoms with E-state index in [0.717, 1.165) is 17.1 Å². The van der Waals surface area contributed by atoms with Crippen LogP contribution in [-0.2, 0) is 6.54 Å². The first kappa shape index (κ1) is 14.6. The molecule has 0 aliphatic carbocycles. The maximum atomic E-state index is 5.95. The van der Waals surface area contributed by atoms with Gasteiger partial charge in [-0.15, -0.1) is 0 Å². The molecule has 2 aromatic rings. The number of likely N-dealkylation sites (tertiary alicyclic amines) is 1. The van der Waals surface area contributed by atoms with Crippen molar-refractivity contribution in [1.82, 2.24) is 9.88 Å². The maximum Gasteiger partial charge on any atom is 0.0406 e. The third kappa shape index (κ3) is 3.63. The minimum absolute atomic E-state index is 0.679. The van der Waals surface area contributed by atoms with E-state index < -0.39 is 0 Å². The van der Waals surface area contributed by atoms with Gasteiger partial charge in [0.15, 0.2) is 0 Å². The number of nitrogens with zero attached hydrogens (tertiary/aromatic N) is 2. The molecular formula is C18H21ClN2. The Hall–Kier alpha value is -1.38. The Kier molecular flexibility index (Phi) is 4.57. The molecular weight excluding hydrogens is 280 g/mol. The minimum Gasteiger partial charge on any atom is -0.296 e. The number of aromatic nitrogens is 1. The van der Waals surface area contributed by atoms with E-state index in [1.807, 2.05) is 36.7 Å². The molecule has 21 heavy (non-hydrogen) atoms. The predicted octanol–water partition coefficient (Wildman–Crippen LogP) is 4.78. The Morgan fingerprint density at radius 3 is 2.71 bits per heavy atom. The number of piperidine rings is 1. The van der Waals surface area contributed by atoms with Gasteiger partial charge in [0, 0.05) is 35.6 Å². The summed E-state index contributed by atoms with van der Waals surface area (Å²) in [6, 6.07) is 10.9. The lowest BCUT2D eigenvalue weighted by atomic mass is 10.0. The molecule has 1 aliphatic rings. The fourth-order valence-electron chi connectivity index (χ4n) is 3.00. The van der Waals surface area contributed by atoms with Crippen LogP contribution in [0.3, 0.4) is 0 Å². The van der Waals surface area contributed by atoms with Crippen molar-refractivity contribution in [3.05, 3.63) is 53.3 Å². The van der Waals surface area contributed by atoms with E-state index in [1.165, 1.54) is 36.9 Å². The summed E-state index contributed by atoms with van der Waals surface area (Å²) in [7, 11) is 0. The number of rotatable bonds is 3. The molecule has 0 amide bonds. The van der Waals surface area contributed by atoms with E-state index >= 15 is 0 Å². The van der Waals surface area contributed by atoms with Crippen LogP contribution in [0.25, 0.3) is 11.1 Å². The summed E-state index contributed by atoms with van der Waals surface area (Å²) < 4.78 is 0. The quantitative estimate of drug-likeness (QED) is 0.811. The summed E-state index contributed by atoms with van der Waals surface area (Å²) >= 11 is 5.95. The molecule has 0 unspecified atom stereocenters. The van der Waals surface area contributed by atoms with Gasteiger partial charge in [0.05, 0.1) is 0 Å². The first-order chi connectivity index (χ1) is 10.2. The largest absolute Gasteiger partial charge is 0.296 e. The number of pyridine rings is 1. The molecule has 1 aromatic carbocycles. The summed E-state index contributed by atoms with van der Waals surface area (Å²) in [6.07, 6.45) is 7.90. The van der Waals surface area contributed by atoms with Crippen molar-refractivity contribution in [3.63, 3.8) is 0 Å². The van der Waals surface area contributed by atoms with Crippen molar-refractivity contribution < 1.29 is 0 Å². The Labute approximate surface area is 131 Å². The van der Waals surface area contributed by atoms with Crippen LogP contribution in [-0.4, -0.2) is 22.5 Å². The second kappa shape index (κ2) is 6.59. The molecule has 0 bridgehead atoms. The minimum atomic E-state index is 0.679. The highest BCUT2D eigenvalue weighted by Crippen LogP contribution is 2.23. The molecule has 1 saturated heterocycles. The Bertz CT molecular complexity index is 594. The summed E-state index contributed by atoms with van der Waals surface area (Å²) in [5.41, 5.74) is 3.62. The zero-order valence-corrected chi connectivity index (χ0v) is 13.2. The lowest BCUT2D eigenvalue weighted by Gasteiger charge is -2.33. The summed E-state index contributed by atoms with van der Waals surface area (Å²) in [5.74, 6) is 0. The average Bonchev–Trinajstić information content (AvgIpc) is 2.51. The van der Waals surface area contributed by atoms with Crippen molar-refractivity contribution in [2.45, 2.75) is 38.8 Å². The molecule has 1 aliphatic heterocycles. The van der Waals surface area contributed by atoms with Crippen LogP contribution in [0.1, 0.15) is 31.7 Å². The second-order valence-corrected chi connectivity index (χ2v) is 6.34. The first-order valence-electron chi connectivity index (χ1n) is 7.66. The van der Waals surface area contributed by atoms with Crippen LogP contribution in [0.4, 0.5) is 0 Å². The molecule has 1 aromatic heterocycles. The van der Waals surface area contributed by atoms with Crippen molar-refractivity contribution >= 4 is 11.6 Å². The molecule has 0 saturated carbocycles. The number of halogens is 1. The fourth-order valence-corrected chi connectivity index (χ4v) is 3.13. The number of hydrogen-bond donors (Lipinski definition) is 0. The van der Waals surface area contributed by atoms with Crippen molar-refractivity contribution in [1.29, 1.82) is 0 Å². The van der Waals surface area contributed by atoms with Gasteiger partial charge in [-0.05, 0) is 55.6 Å². The van der Waals surface area contributed by atoms with Gasteiger partial charge >= 0.3 is 0 Å². The molecule has 3 rings (SSSR count). The van der Waals surface area contributed by atoms with Gasteiger partial charge in [-0.25, -0.2) is 0 Å². The van der Waals surface area contributed by atoms with Gasteiger partial charge < -0.3 is 0 Å². The normalized spacial score (nSPS) is 19.6. The van der Waals surface area contributed by atoms with Crippen molar-refractivity contribution in [2.75, 3.05) is 6.54 Å². The van der Waals surface area contributed by atoms with Crippen LogP contribution in [0.15, 0.2) is 42.7 Å². The standard InChI is InChI=1S/C18H21ClN2/c1-14-4-2-3-9-21(14)13-15-10-17(12-20-11-15)16-5-7-18(19)8-6-16/h5-8,10-12,14H,2-4,9,13H2,1H3/t14-/m1/s1. The van der Waals surface area contributed by atoms with Crippen LogP contribution in [0.5, 0.6) is 0 Å². The van der Waals surface area contributed by atoms with Gasteiger partial charge in [-0.1, -0.05) is 30.2 Å². The highest BCUT2D eigenvalue weighted by molar-refractivity contribution is 6.30. The van der Waals surface area contributed by atoms with Gasteiger partial charge in [-0.2, -0.15) is 0 Å². The third-order valence-corrected chi connectivity index (χ3v) is 4.55. The number of hydrogen-bond acceptors (Lipinski definition) is 2. The van der Waals surface area contributed by atoms with Gasteiger partial charge in [0.2, 0.25) is 0 Å². The molecule has 0 radical (unpaired) electrons. The molecule has 110 valence electrons. The highest BCUT2D eigenvalue weighted by Gasteiger charge is 2.18. The summed E-state index contributed by atoms with van der Waals surface area (Å²) in [4.78, 5) is 6.98. The van der Waals surface area contributed by atoms with E-state index in [9.17, 15) is 0 Å². The highest BCUT2D eigenvalue weighted by atomic mass is 35.5. The van der Waals surface area contributed by atoms with Crippen molar-refractivity contribution in [2.24, 2.45) is 0 Å².